The first-order chi connectivity index (χ1) is 11.1. The van der Waals surface area contributed by atoms with E-state index in [2.05, 4.69) is 5.32 Å². The molecule has 116 valence electrons. The first-order valence-electron chi connectivity index (χ1n) is 7.40. The Morgan fingerprint density at radius 3 is 2.65 bits per heavy atom. The summed E-state index contributed by atoms with van der Waals surface area (Å²) in [5.41, 5.74) is 2.90. The number of fused-ring (bicyclic) bond motifs is 1. The van der Waals surface area contributed by atoms with Gasteiger partial charge in [-0.1, -0.05) is 30.3 Å². The van der Waals surface area contributed by atoms with Crippen LogP contribution in [0.1, 0.15) is 16.7 Å². The lowest BCUT2D eigenvalue weighted by Crippen LogP contribution is -2.21. The SMILES string of the molecule is CNc1cc(F)cc2c1CC(=O)C(C(=O)Cc1ccccc1)=C2. The van der Waals surface area contributed by atoms with E-state index in [0.717, 1.165) is 11.1 Å². The molecule has 0 heterocycles. The highest BCUT2D eigenvalue weighted by Gasteiger charge is 2.26. The van der Waals surface area contributed by atoms with E-state index in [1.165, 1.54) is 18.2 Å². The van der Waals surface area contributed by atoms with Crippen molar-refractivity contribution in [3.8, 4) is 0 Å². The summed E-state index contributed by atoms with van der Waals surface area (Å²) < 4.78 is 13.7. The number of anilines is 1. The number of nitrogens with one attached hydrogen (secondary N) is 1. The van der Waals surface area contributed by atoms with E-state index in [1.807, 2.05) is 30.3 Å². The molecular formula is C19H16FNO2. The highest BCUT2D eigenvalue weighted by atomic mass is 19.1. The summed E-state index contributed by atoms with van der Waals surface area (Å²) in [5.74, 6) is -0.850. The van der Waals surface area contributed by atoms with Crippen LogP contribution in [0.5, 0.6) is 0 Å². The van der Waals surface area contributed by atoms with Gasteiger partial charge in [0.15, 0.2) is 11.6 Å². The normalized spacial score (nSPS) is 13.3. The summed E-state index contributed by atoms with van der Waals surface area (Å²) in [6.45, 7) is 0. The highest BCUT2D eigenvalue weighted by molar-refractivity contribution is 6.25. The predicted octanol–water partition coefficient (Wildman–Crippen LogP) is 3.19. The van der Waals surface area contributed by atoms with Crippen LogP contribution in [0.25, 0.3) is 6.08 Å². The summed E-state index contributed by atoms with van der Waals surface area (Å²) in [5, 5.41) is 2.89. The number of allylic oxidation sites excluding steroid dienone is 1. The van der Waals surface area contributed by atoms with Crippen molar-refractivity contribution < 1.29 is 14.0 Å². The number of halogens is 1. The molecule has 0 unspecified atom stereocenters. The van der Waals surface area contributed by atoms with E-state index >= 15 is 0 Å². The fraction of sp³-hybridized carbons (Fsp3) is 0.158. The molecule has 2 aromatic rings. The number of Topliss-reactive ketones (excluding diaryl/α,β-unsaturated/α-hetero) is 2. The molecule has 1 aliphatic rings. The molecule has 0 saturated carbocycles. The zero-order chi connectivity index (χ0) is 16.4. The minimum absolute atomic E-state index is 0.109. The van der Waals surface area contributed by atoms with Crippen molar-refractivity contribution in [3.63, 3.8) is 0 Å². The molecule has 0 spiro atoms. The second kappa shape index (κ2) is 6.16. The van der Waals surface area contributed by atoms with Gasteiger partial charge in [-0.15, -0.1) is 0 Å². The van der Waals surface area contributed by atoms with Crippen LogP contribution >= 0.6 is 0 Å². The fourth-order valence-electron chi connectivity index (χ4n) is 2.81. The zero-order valence-corrected chi connectivity index (χ0v) is 12.7. The number of carbonyl (C=O) groups is 2. The molecular weight excluding hydrogens is 293 g/mol. The first-order valence-corrected chi connectivity index (χ1v) is 7.40. The standard InChI is InChI=1S/C19H16FNO2/c1-21-17-10-14(20)8-13-9-16(19(23)11-15(13)17)18(22)7-12-5-3-2-4-6-12/h2-6,8-10,21H,7,11H2,1H3. The Kier molecular flexibility index (Phi) is 4.06. The highest BCUT2D eigenvalue weighted by Crippen LogP contribution is 2.30. The van der Waals surface area contributed by atoms with Crippen molar-refractivity contribution in [2.24, 2.45) is 0 Å². The van der Waals surface area contributed by atoms with Gasteiger partial charge in [0.2, 0.25) is 0 Å². The molecule has 23 heavy (non-hydrogen) atoms. The Balaban J connectivity index is 1.95. The van der Waals surface area contributed by atoms with Crippen LogP contribution in [0.15, 0.2) is 48.0 Å². The van der Waals surface area contributed by atoms with Gasteiger partial charge in [-0.3, -0.25) is 9.59 Å². The van der Waals surface area contributed by atoms with Crippen LogP contribution in [0.3, 0.4) is 0 Å². The van der Waals surface area contributed by atoms with E-state index < -0.39 is 5.82 Å². The lowest BCUT2D eigenvalue weighted by atomic mass is 9.86. The Morgan fingerprint density at radius 2 is 1.96 bits per heavy atom. The maximum Gasteiger partial charge on any atom is 0.170 e. The van der Waals surface area contributed by atoms with Gasteiger partial charge in [-0.2, -0.15) is 0 Å². The molecule has 0 saturated heterocycles. The summed E-state index contributed by atoms with van der Waals surface area (Å²) in [6, 6.07) is 12.0. The average molecular weight is 309 g/mol. The van der Waals surface area contributed by atoms with Crippen LogP contribution in [0.4, 0.5) is 10.1 Å². The van der Waals surface area contributed by atoms with Gasteiger partial charge in [-0.05, 0) is 34.9 Å². The topological polar surface area (TPSA) is 46.2 Å². The van der Waals surface area contributed by atoms with Crippen molar-refractivity contribution in [3.05, 3.63) is 70.5 Å². The van der Waals surface area contributed by atoms with Crippen LogP contribution in [-0.2, 0) is 22.4 Å². The molecule has 0 aliphatic heterocycles. The fourth-order valence-corrected chi connectivity index (χ4v) is 2.81. The van der Waals surface area contributed by atoms with E-state index in [1.54, 1.807) is 7.05 Å². The number of hydrogen-bond acceptors (Lipinski definition) is 3. The molecule has 2 aromatic carbocycles. The molecule has 1 N–H and O–H groups in total. The zero-order valence-electron chi connectivity index (χ0n) is 12.7. The van der Waals surface area contributed by atoms with Crippen molar-refractivity contribution in [2.45, 2.75) is 12.8 Å². The van der Waals surface area contributed by atoms with E-state index in [-0.39, 0.29) is 30.0 Å². The molecule has 3 rings (SSSR count). The molecule has 1 aliphatic carbocycles. The van der Waals surface area contributed by atoms with Gasteiger partial charge >= 0.3 is 0 Å². The van der Waals surface area contributed by atoms with Gasteiger partial charge in [0.05, 0.1) is 5.57 Å². The average Bonchev–Trinajstić information content (AvgIpc) is 2.54. The van der Waals surface area contributed by atoms with Gasteiger partial charge in [0.1, 0.15) is 5.82 Å². The third-order valence-electron chi connectivity index (χ3n) is 3.96. The number of rotatable bonds is 4. The third kappa shape index (κ3) is 3.06. The van der Waals surface area contributed by atoms with Gasteiger partial charge < -0.3 is 5.32 Å². The summed E-state index contributed by atoms with van der Waals surface area (Å²) >= 11 is 0. The maximum absolute atomic E-state index is 13.7. The molecule has 0 amide bonds. The second-order valence-electron chi connectivity index (χ2n) is 5.51. The van der Waals surface area contributed by atoms with Crippen LogP contribution in [-0.4, -0.2) is 18.6 Å². The maximum atomic E-state index is 13.7. The summed E-state index contributed by atoms with van der Waals surface area (Å²) in [7, 11) is 1.68. The van der Waals surface area contributed by atoms with Gasteiger partial charge in [-0.25, -0.2) is 4.39 Å². The largest absolute Gasteiger partial charge is 0.388 e. The molecule has 0 bridgehead atoms. The molecule has 0 atom stereocenters. The van der Waals surface area contributed by atoms with Crippen molar-refractivity contribution in [1.29, 1.82) is 0 Å². The Morgan fingerprint density at radius 1 is 1.22 bits per heavy atom. The van der Waals surface area contributed by atoms with Gasteiger partial charge in [0, 0.05) is 25.6 Å². The second-order valence-corrected chi connectivity index (χ2v) is 5.51. The van der Waals surface area contributed by atoms with Crippen molar-refractivity contribution in [1.82, 2.24) is 0 Å². The molecule has 3 nitrogen and oxygen atoms in total. The number of carbonyl (C=O) groups excluding carboxylic acids is 2. The molecule has 0 aromatic heterocycles. The number of ketones is 2. The van der Waals surface area contributed by atoms with Crippen LogP contribution in [0, 0.1) is 5.82 Å². The third-order valence-corrected chi connectivity index (χ3v) is 3.96. The van der Waals surface area contributed by atoms with E-state index in [9.17, 15) is 14.0 Å². The monoisotopic (exact) mass is 309 g/mol. The summed E-state index contributed by atoms with van der Waals surface area (Å²) in [4.78, 5) is 24.8. The molecule has 0 fully saturated rings. The lowest BCUT2D eigenvalue weighted by molar-refractivity contribution is -0.120. The van der Waals surface area contributed by atoms with Crippen molar-refractivity contribution >= 4 is 23.3 Å². The molecule has 4 heteroatoms. The number of benzene rings is 2. The minimum Gasteiger partial charge on any atom is -0.388 e. The van der Waals surface area contributed by atoms with Crippen LogP contribution < -0.4 is 5.32 Å². The number of hydrogen-bond donors (Lipinski definition) is 1. The predicted molar refractivity (Wildman–Crippen MR) is 87.8 cm³/mol. The van der Waals surface area contributed by atoms with Crippen LogP contribution in [0.2, 0.25) is 0 Å². The first kappa shape index (κ1) is 15.2. The van der Waals surface area contributed by atoms with Gasteiger partial charge in [0.25, 0.3) is 0 Å². The minimum atomic E-state index is -0.395. The van der Waals surface area contributed by atoms with E-state index in [0.29, 0.717) is 11.3 Å². The quantitative estimate of drug-likeness (QED) is 0.882. The smallest absolute Gasteiger partial charge is 0.170 e. The van der Waals surface area contributed by atoms with E-state index in [4.69, 9.17) is 0 Å². The summed E-state index contributed by atoms with van der Waals surface area (Å²) in [6.07, 6.45) is 1.79. The molecule has 0 radical (unpaired) electrons. The Hall–Kier alpha value is -2.75. The Labute approximate surface area is 133 Å². The lowest BCUT2D eigenvalue weighted by Gasteiger charge is -2.18. The van der Waals surface area contributed by atoms with Crippen molar-refractivity contribution in [2.75, 3.05) is 12.4 Å². The Bertz CT molecular complexity index is 810.